The van der Waals surface area contributed by atoms with Crippen molar-refractivity contribution in [3.63, 3.8) is 0 Å². The van der Waals surface area contributed by atoms with E-state index in [1.54, 1.807) is 6.07 Å². The summed E-state index contributed by atoms with van der Waals surface area (Å²) in [5, 5.41) is 17.3. The summed E-state index contributed by atoms with van der Waals surface area (Å²) >= 11 is 0. The van der Waals surface area contributed by atoms with Crippen LogP contribution < -0.4 is 5.73 Å². The van der Waals surface area contributed by atoms with Crippen LogP contribution in [0.1, 0.15) is 5.56 Å². The highest BCUT2D eigenvalue weighted by atomic mass is 16.3. The minimum absolute atomic E-state index is 0.0148. The van der Waals surface area contributed by atoms with Crippen molar-refractivity contribution >= 4 is 5.82 Å². The summed E-state index contributed by atoms with van der Waals surface area (Å²) in [5.41, 5.74) is 5.33. The van der Waals surface area contributed by atoms with Crippen molar-refractivity contribution in [1.29, 1.82) is 5.26 Å². The fraction of sp³-hybridized carbons (Fsp3) is 0. The number of nitrogen functional groups attached to an aromatic ring is 1. The Bertz CT molecular complexity index is 290. The second-order valence-electron chi connectivity index (χ2n) is 1.70. The number of nitrogens with two attached hydrogens (primary N) is 1. The van der Waals surface area contributed by atoms with Gasteiger partial charge in [-0.05, 0) is 6.07 Å². The number of nitriles is 1. The first-order valence-corrected chi connectivity index (χ1v) is 2.59. The topological polar surface area (TPSA) is 82.9 Å². The molecule has 1 aromatic rings. The molecule has 1 heterocycles. The van der Waals surface area contributed by atoms with Gasteiger partial charge >= 0.3 is 0 Å². The lowest BCUT2D eigenvalue weighted by atomic mass is 10.2. The molecule has 0 saturated heterocycles. The highest BCUT2D eigenvalue weighted by Gasteiger charge is 2.02. The molecule has 0 saturated carbocycles. The molecule has 4 heteroatoms. The molecule has 0 aromatic carbocycles. The molecule has 10 heavy (non-hydrogen) atoms. The monoisotopic (exact) mass is 135 g/mol. The van der Waals surface area contributed by atoms with E-state index in [-0.39, 0.29) is 17.1 Å². The van der Waals surface area contributed by atoms with Gasteiger partial charge in [0, 0.05) is 6.20 Å². The third kappa shape index (κ3) is 0.845. The van der Waals surface area contributed by atoms with E-state index in [9.17, 15) is 0 Å². The van der Waals surface area contributed by atoms with Crippen LogP contribution in [0.5, 0.6) is 5.75 Å². The first-order chi connectivity index (χ1) is 4.75. The Morgan fingerprint density at radius 1 is 1.70 bits per heavy atom. The Morgan fingerprint density at radius 3 is 2.90 bits per heavy atom. The van der Waals surface area contributed by atoms with E-state index in [1.165, 1.54) is 12.3 Å². The number of hydrogen-bond acceptors (Lipinski definition) is 4. The van der Waals surface area contributed by atoms with Crippen molar-refractivity contribution in [3.8, 4) is 11.8 Å². The Labute approximate surface area is 57.5 Å². The van der Waals surface area contributed by atoms with Crippen LogP contribution in [0.4, 0.5) is 5.82 Å². The maximum atomic E-state index is 8.99. The predicted molar refractivity (Wildman–Crippen MR) is 35.0 cm³/mol. The minimum atomic E-state index is -0.245. The lowest BCUT2D eigenvalue weighted by Gasteiger charge is -1.96. The molecule has 0 fully saturated rings. The molecule has 0 aliphatic heterocycles. The van der Waals surface area contributed by atoms with E-state index in [0.717, 1.165) is 0 Å². The molecule has 0 bridgehead atoms. The molecular formula is C6H5N3O. The second kappa shape index (κ2) is 2.23. The first-order valence-electron chi connectivity index (χ1n) is 2.59. The molecule has 0 spiro atoms. The lowest BCUT2D eigenvalue weighted by molar-refractivity contribution is 0.474. The van der Waals surface area contributed by atoms with E-state index < -0.39 is 0 Å². The zero-order chi connectivity index (χ0) is 7.56. The number of aromatic hydroxyl groups is 1. The number of pyridine rings is 1. The van der Waals surface area contributed by atoms with Crippen molar-refractivity contribution in [2.24, 2.45) is 0 Å². The summed E-state index contributed by atoms with van der Waals surface area (Å²) in [5.74, 6) is -0.260. The smallest absolute Gasteiger partial charge is 0.176 e. The fourth-order valence-corrected chi connectivity index (χ4v) is 0.560. The highest BCUT2D eigenvalue weighted by molar-refractivity contribution is 5.54. The van der Waals surface area contributed by atoms with Gasteiger partial charge in [-0.2, -0.15) is 5.26 Å². The van der Waals surface area contributed by atoms with E-state index in [1.807, 2.05) is 0 Å². The Morgan fingerprint density at radius 2 is 2.40 bits per heavy atom. The first kappa shape index (κ1) is 6.36. The summed E-state index contributed by atoms with van der Waals surface area (Å²) in [6.07, 6.45) is 1.37. The van der Waals surface area contributed by atoms with Crippen molar-refractivity contribution in [2.75, 3.05) is 5.73 Å². The molecule has 1 rings (SSSR count). The Hall–Kier alpha value is -1.76. The summed E-state index contributed by atoms with van der Waals surface area (Å²) in [6, 6.07) is 3.16. The lowest BCUT2D eigenvalue weighted by Crippen LogP contribution is -1.91. The van der Waals surface area contributed by atoms with Crippen molar-refractivity contribution in [3.05, 3.63) is 17.8 Å². The van der Waals surface area contributed by atoms with Gasteiger partial charge in [0.2, 0.25) is 0 Å². The molecule has 4 nitrogen and oxygen atoms in total. The molecule has 0 amide bonds. The maximum Gasteiger partial charge on any atom is 0.176 e. The number of aromatic nitrogens is 1. The molecule has 1 aromatic heterocycles. The summed E-state index contributed by atoms with van der Waals surface area (Å²) in [4.78, 5) is 3.56. The number of rotatable bonds is 0. The zero-order valence-electron chi connectivity index (χ0n) is 5.07. The molecule has 0 atom stereocenters. The van der Waals surface area contributed by atoms with Crippen LogP contribution in [0.3, 0.4) is 0 Å². The SMILES string of the molecule is N#Cc1ccnc(N)c1O. The van der Waals surface area contributed by atoms with E-state index >= 15 is 0 Å². The van der Waals surface area contributed by atoms with E-state index in [2.05, 4.69) is 4.98 Å². The van der Waals surface area contributed by atoms with Gasteiger partial charge in [-0.1, -0.05) is 0 Å². The largest absolute Gasteiger partial charge is 0.503 e. The Balaban J connectivity index is 3.31. The molecule has 0 radical (unpaired) electrons. The third-order valence-electron chi connectivity index (χ3n) is 1.07. The van der Waals surface area contributed by atoms with E-state index in [4.69, 9.17) is 16.1 Å². The third-order valence-corrected chi connectivity index (χ3v) is 1.07. The average molecular weight is 135 g/mol. The van der Waals surface area contributed by atoms with Gasteiger partial charge in [0.15, 0.2) is 11.6 Å². The Kier molecular flexibility index (Phi) is 1.42. The van der Waals surface area contributed by atoms with Crippen molar-refractivity contribution in [1.82, 2.24) is 4.98 Å². The molecule has 0 aliphatic carbocycles. The minimum Gasteiger partial charge on any atom is -0.503 e. The quantitative estimate of drug-likeness (QED) is 0.533. The van der Waals surface area contributed by atoms with Crippen LogP contribution in [0.25, 0.3) is 0 Å². The van der Waals surface area contributed by atoms with Crippen LogP contribution in [0, 0.1) is 11.3 Å². The van der Waals surface area contributed by atoms with Crippen molar-refractivity contribution < 1.29 is 5.11 Å². The molecule has 50 valence electrons. The normalized spacial score (nSPS) is 8.70. The van der Waals surface area contributed by atoms with E-state index in [0.29, 0.717) is 0 Å². The van der Waals surface area contributed by atoms with Gasteiger partial charge in [0.05, 0.1) is 5.56 Å². The maximum absolute atomic E-state index is 8.99. The summed E-state index contributed by atoms with van der Waals surface area (Å²) in [7, 11) is 0. The molecule has 0 unspecified atom stereocenters. The number of anilines is 1. The van der Waals surface area contributed by atoms with Crippen LogP contribution >= 0.6 is 0 Å². The van der Waals surface area contributed by atoms with Gasteiger partial charge < -0.3 is 10.8 Å². The standard InChI is InChI=1S/C6H5N3O/c7-3-4-1-2-9-6(8)5(4)10/h1-2,10H,(H2,8,9). The predicted octanol–water partition coefficient (Wildman–Crippen LogP) is 0.241. The molecule has 3 N–H and O–H groups in total. The molecule has 0 aliphatic rings. The zero-order valence-corrected chi connectivity index (χ0v) is 5.07. The van der Waals surface area contributed by atoms with Gasteiger partial charge in [0.25, 0.3) is 0 Å². The van der Waals surface area contributed by atoms with Gasteiger partial charge in [-0.3, -0.25) is 0 Å². The van der Waals surface area contributed by atoms with Crippen LogP contribution in [-0.2, 0) is 0 Å². The fourth-order valence-electron chi connectivity index (χ4n) is 0.560. The van der Waals surface area contributed by atoms with Crippen molar-refractivity contribution in [2.45, 2.75) is 0 Å². The summed E-state index contributed by atoms with van der Waals surface area (Å²) < 4.78 is 0. The average Bonchev–Trinajstić information content (AvgIpc) is 1.95. The highest BCUT2D eigenvalue weighted by Crippen LogP contribution is 2.20. The van der Waals surface area contributed by atoms with Gasteiger partial charge in [0.1, 0.15) is 6.07 Å². The van der Waals surface area contributed by atoms with Gasteiger partial charge in [-0.25, -0.2) is 4.98 Å². The second-order valence-corrected chi connectivity index (χ2v) is 1.70. The van der Waals surface area contributed by atoms with Crippen LogP contribution in [-0.4, -0.2) is 10.1 Å². The number of nitrogens with zero attached hydrogens (tertiary/aromatic N) is 2. The molecular weight excluding hydrogens is 130 g/mol. The van der Waals surface area contributed by atoms with Gasteiger partial charge in [-0.15, -0.1) is 0 Å². The number of hydrogen-bond donors (Lipinski definition) is 2. The van der Waals surface area contributed by atoms with Crippen LogP contribution in [0.15, 0.2) is 12.3 Å². The summed E-state index contributed by atoms with van der Waals surface area (Å²) in [6.45, 7) is 0. The van der Waals surface area contributed by atoms with Crippen LogP contribution in [0.2, 0.25) is 0 Å².